The first kappa shape index (κ1) is 19.8. The molecule has 0 saturated carbocycles. The second-order valence-corrected chi connectivity index (χ2v) is 5.02. The van der Waals surface area contributed by atoms with E-state index in [2.05, 4.69) is 17.3 Å². The number of benzene rings is 1. The molecular formula is C14H23Cl2N3O2. The van der Waals surface area contributed by atoms with Gasteiger partial charge in [-0.15, -0.1) is 24.8 Å². The number of nitrogens with two attached hydrogens (primary N) is 1. The van der Waals surface area contributed by atoms with Crippen LogP contribution in [0.25, 0.3) is 0 Å². The molecule has 120 valence electrons. The van der Waals surface area contributed by atoms with Gasteiger partial charge in [0.15, 0.2) is 0 Å². The molecule has 0 aromatic heterocycles. The maximum absolute atomic E-state index is 12.1. The van der Waals surface area contributed by atoms with Crippen molar-refractivity contribution < 1.29 is 9.53 Å². The number of rotatable bonds is 3. The number of hydrogen-bond donors (Lipinski definition) is 2. The van der Waals surface area contributed by atoms with Gasteiger partial charge < -0.3 is 20.7 Å². The van der Waals surface area contributed by atoms with Crippen LogP contribution >= 0.6 is 24.8 Å². The highest BCUT2D eigenvalue weighted by Crippen LogP contribution is 2.25. The minimum absolute atomic E-state index is 0. The van der Waals surface area contributed by atoms with Crippen molar-refractivity contribution in [2.75, 3.05) is 38.3 Å². The molecule has 0 spiro atoms. The van der Waals surface area contributed by atoms with E-state index in [-0.39, 0.29) is 36.6 Å². The summed E-state index contributed by atoms with van der Waals surface area (Å²) in [7, 11) is 3.65. The summed E-state index contributed by atoms with van der Waals surface area (Å²) in [6.45, 7) is 1.95. The van der Waals surface area contributed by atoms with Crippen LogP contribution in [0.3, 0.4) is 0 Å². The Kier molecular flexibility index (Phi) is 8.47. The van der Waals surface area contributed by atoms with Crippen LogP contribution in [0, 0.1) is 5.92 Å². The van der Waals surface area contributed by atoms with Gasteiger partial charge in [0.05, 0.1) is 12.8 Å². The van der Waals surface area contributed by atoms with Gasteiger partial charge in [-0.25, -0.2) is 0 Å². The zero-order valence-corrected chi connectivity index (χ0v) is 13.9. The highest BCUT2D eigenvalue weighted by atomic mass is 35.5. The number of ether oxygens (including phenoxy) is 1. The lowest BCUT2D eigenvalue weighted by molar-refractivity contribution is -0.121. The van der Waals surface area contributed by atoms with Crippen LogP contribution in [0.1, 0.15) is 12.8 Å². The molecule has 1 aliphatic heterocycles. The lowest BCUT2D eigenvalue weighted by Crippen LogP contribution is -2.35. The molecule has 1 saturated heterocycles. The maximum atomic E-state index is 12.1. The highest BCUT2D eigenvalue weighted by Gasteiger charge is 2.23. The lowest BCUT2D eigenvalue weighted by atomic mass is 9.96. The van der Waals surface area contributed by atoms with Crippen LogP contribution in [0.2, 0.25) is 0 Å². The molecule has 1 heterocycles. The van der Waals surface area contributed by atoms with Crippen LogP contribution in [0.5, 0.6) is 5.75 Å². The van der Waals surface area contributed by atoms with Crippen LogP contribution < -0.4 is 15.8 Å². The lowest BCUT2D eigenvalue weighted by Gasteiger charge is -2.28. The number of nitrogen functional groups attached to an aromatic ring is 1. The predicted molar refractivity (Wildman–Crippen MR) is 90.8 cm³/mol. The van der Waals surface area contributed by atoms with Crippen LogP contribution in [-0.4, -0.2) is 38.1 Å². The second kappa shape index (κ2) is 8.97. The van der Waals surface area contributed by atoms with Gasteiger partial charge in [0, 0.05) is 11.6 Å². The Bertz CT molecular complexity index is 464. The number of amides is 1. The molecule has 0 bridgehead atoms. The number of methoxy groups -OCH3 is 1. The van der Waals surface area contributed by atoms with E-state index >= 15 is 0 Å². The van der Waals surface area contributed by atoms with Crippen LogP contribution in [0.4, 0.5) is 11.4 Å². The Morgan fingerprint density at radius 2 is 1.95 bits per heavy atom. The summed E-state index contributed by atoms with van der Waals surface area (Å²) >= 11 is 0. The molecule has 1 fully saturated rings. The first-order valence-electron chi connectivity index (χ1n) is 6.53. The Balaban J connectivity index is 0.00000200. The van der Waals surface area contributed by atoms with Gasteiger partial charge in [-0.2, -0.15) is 0 Å². The summed E-state index contributed by atoms with van der Waals surface area (Å²) < 4.78 is 5.09. The average molecular weight is 336 g/mol. The van der Waals surface area contributed by atoms with E-state index in [0.29, 0.717) is 11.4 Å². The molecule has 5 nitrogen and oxygen atoms in total. The van der Waals surface area contributed by atoms with Crippen molar-refractivity contribution in [1.29, 1.82) is 0 Å². The summed E-state index contributed by atoms with van der Waals surface area (Å²) in [5.74, 6) is 0.800. The zero-order valence-electron chi connectivity index (χ0n) is 12.3. The summed E-state index contributed by atoms with van der Waals surface area (Å²) in [5.41, 5.74) is 7.08. The minimum Gasteiger partial charge on any atom is -0.495 e. The smallest absolute Gasteiger partial charge is 0.227 e. The van der Waals surface area contributed by atoms with Gasteiger partial charge in [-0.1, -0.05) is 0 Å². The molecule has 0 radical (unpaired) electrons. The molecule has 1 amide bonds. The highest BCUT2D eigenvalue weighted by molar-refractivity contribution is 5.93. The maximum Gasteiger partial charge on any atom is 0.227 e. The Morgan fingerprint density at radius 1 is 1.33 bits per heavy atom. The number of piperidine rings is 1. The minimum atomic E-state index is 0. The van der Waals surface area contributed by atoms with E-state index in [1.165, 1.54) is 0 Å². The number of carbonyl (C=O) groups is 1. The fraction of sp³-hybridized carbons (Fsp3) is 0.500. The molecule has 7 heteroatoms. The Hall–Kier alpha value is -1.17. The number of halogens is 2. The molecule has 2 rings (SSSR count). The van der Waals surface area contributed by atoms with Crippen molar-refractivity contribution >= 4 is 42.1 Å². The summed E-state index contributed by atoms with van der Waals surface area (Å²) in [4.78, 5) is 14.4. The van der Waals surface area contributed by atoms with E-state index in [0.717, 1.165) is 31.6 Å². The third-order valence-electron chi connectivity index (χ3n) is 3.59. The number of hydrogen-bond acceptors (Lipinski definition) is 4. The molecule has 1 aliphatic rings. The van der Waals surface area contributed by atoms with Gasteiger partial charge in [-0.05, 0) is 51.2 Å². The average Bonchev–Trinajstić information content (AvgIpc) is 2.39. The summed E-state index contributed by atoms with van der Waals surface area (Å²) in [6, 6.07) is 5.30. The molecule has 21 heavy (non-hydrogen) atoms. The number of carbonyl (C=O) groups excluding carboxylic acids is 1. The number of nitrogens with one attached hydrogen (secondary N) is 1. The van der Waals surface area contributed by atoms with E-state index in [9.17, 15) is 4.79 Å². The summed E-state index contributed by atoms with van der Waals surface area (Å²) in [5, 5.41) is 2.93. The third kappa shape index (κ3) is 5.26. The molecular weight excluding hydrogens is 313 g/mol. The fourth-order valence-electron chi connectivity index (χ4n) is 2.33. The van der Waals surface area contributed by atoms with E-state index in [4.69, 9.17) is 10.5 Å². The first-order chi connectivity index (χ1) is 9.10. The molecule has 0 unspecified atom stereocenters. The predicted octanol–water partition coefficient (Wildman–Crippen LogP) is 2.40. The molecule has 1 aromatic rings. The molecule has 3 N–H and O–H groups in total. The van der Waals surface area contributed by atoms with Gasteiger partial charge in [0.1, 0.15) is 5.75 Å². The Labute approximate surface area is 138 Å². The third-order valence-corrected chi connectivity index (χ3v) is 3.59. The number of nitrogens with zero attached hydrogens (tertiary/aromatic N) is 1. The zero-order chi connectivity index (χ0) is 13.8. The summed E-state index contributed by atoms with van der Waals surface area (Å²) in [6.07, 6.45) is 1.82. The molecule has 0 atom stereocenters. The van der Waals surface area contributed by atoms with Crippen molar-refractivity contribution in [2.45, 2.75) is 12.8 Å². The van der Waals surface area contributed by atoms with Crippen molar-refractivity contribution in [2.24, 2.45) is 5.92 Å². The van der Waals surface area contributed by atoms with Gasteiger partial charge in [0.25, 0.3) is 0 Å². The molecule has 0 aliphatic carbocycles. The van der Waals surface area contributed by atoms with Crippen molar-refractivity contribution in [3.05, 3.63) is 18.2 Å². The van der Waals surface area contributed by atoms with Crippen LogP contribution in [0.15, 0.2) is 18.2 Å². The first-order valence-corrected chi connectivity index (χ1v) is 6.53. The Morgan fingerprint density at radius 3 is 2.48 bits per heavy atom. The van der Waals surface area contributed by atoms with Gasteiger partial charge in [-0.3, -0.25) is 4.79 Å². The van der Waals surface area contributed by atoms with Crippen LogP contribution in [-0.2, 0) is 4.79 Å². The monoisotopic (exact) mass is 335 g/mol. The molecule has 1 aromatic carbocycles. The number of likely N-dealkylation sites (tertiary alicyclic amines) is 1. The quantitative estimate of drug-likeness (QED) is 0.832. The van der Waals surface area contributed by atoms with Crippen molar-refractivity contribution in [3.63, 3.8) is 0 Å². The van der Waals surface area contributed by atoms with E-state index in [1.807, 2.05) is 6.07 Å². The van der Waals surface area contributed by atoms with Gasteiger partial charge in [0.2, 0.25) is 5.91 Å². The van der Waals surface area contributed by atoms with Crippen molar-refractivity contribution in [1.82, 2.24) is 4.90 Å². The van der Waals surface area contributed by atoms with E-state index < -0.39 is 0 Å². The van der Waals surface area contributed by atoms with E-state index in [1.54, 1.807) is 19.2 Å². The normalized spacial score (nSPS) is 15.5. The van der Waals surface area contributed by atoms with Gasteiger partial charge >= 0.3 is 0 Å². The van der Waals surface area contributed by atoms with Crippen molar-refractivity contribution in [3.8, 4) is 5.75 Å². The fourth-order valence-corrected chi connectivity index (χ4v) is 2.33. The standard InChI is InChI=1S/C14H21N3O2.2ClH/c1-17-7-5-10(6-8-17)14(18)16-11-3-4-13(19-2)12(15)9-11;;/h3-4,9-10H,5-8,15H2,1-2H3,(H,16,18);2*1H. The largest absolute Gasteiger partial charge is 0.495 e. The second-order valence-electron chi connectivity index (χ2n) is 5.02. The SMILES string of the molecule is COc1ccc(NC(=O)C2CCN(C)CC2)cc1N.Cl.Cl. The number of anilines is 2. The topological polar surface area (TPSA) is 67.6 Å².